The van der Waals surface area contributed by atoms with Crippen molar-refractivity contribution in [1.82, 2.24) is 14.5 Å². The molecule has 5 nitrogen and oxygen atoms in total. The normalized spacial score (nSPS) is 16.1. The highest BCUT2D eigenvalue weighted by Gasteiger charge is 2.24. The van der Waals surface area contributed by atoms with Crippen molar-refractivity contribution in [2.75, 3.05) is 27.2 Å². The van der Waals surface area contributed by atoms with E-state index in [0.717, 1.165) is 64.4 Å². The summed E-state index contributed by atoms with van der Waals surface area (Å²) in [7, 11) is 3.81. The van der Waals surface area contributed by atoms with E-state index in [1.807, 2.05) is 30.5 Å². The van der Waals surface area contributed by atoms with Crippen molar-refractivity contribution in [1.29, 1.82) is 0 Å². The standard InChI is InChI=1S/C21H25N3O2S/c1-13-11-15(5-6-18(13)26-4)17-12-27-20-19(17)21(25)24(14(2)22-20)16-7-9-23(3)10-8-16/h5-6,11-12,16H,7-10H2,1-4H3. The molecule has 0 spiro atoms. The summed E-state index contributed by atoms with van der Waals surface area (Å²) in [5.41, 5.74) is 3.17. The van der Waals surface area contributed by atoms with E-state index in [1.54, 1.807) is 18.4 Å². The second-order valence-corrected chi connectivity index (χ2v) is 8.24. The minimum Gasteiger partial charge on any atom is -0.496 e. The molecule has 0 radical (unpaired) electrons. The predicted octanol–water partition coefficient (Wildman–Crippen LogP) is 4.02. The topological polar surface area (TPSA) is 47.4 Å². The Morgan fingerprint density at radius 1 is 1.22 bits per heavy atom. The van der Waals surface area contributed by atoms with Gasteiger partial charge in [-0.15, -0.1) is 11.3 Å². The summed E-state index contributed by atoms with van der Waals surface area (Å²) < 4.78 is 7.30. The fourth-order valence-electron chi connectivity index (χ4n) is 4.05. The lowest BCUT2D eigenvalue weighted by Gasteiger charge is -2.31. The quantitative estimate of drug-likeness (QED) is 0.685. The highest BCUT2D eigenvalue weighted by Crippen LogP contribution is 2.34. The van der Waals surface area contributed by atoms with Crippen LogP contribution in [0, 0.1) is 13.8 Å². The molecule has 1 fully saturated rings. The first-order valence-electron chi connectivity index (χ1n) is 9.33. The largest absolute Gasteiger partial charge is 0.496 e. The van der Waals surface area contributed by atoms with Crippen LogP contribution < -0.4 is 10.3 Å². The van der Waals surface area contributed by atoms with Crippen LogP contribution >= 0.6 is 11.3 Å². The Bertz CT molecular complexity index is 1050. The van der Waals surface area contributed by atoms with Crippen molar-refractivity contribution in [3.05, 3.63) is 45.3 Å². The molecule has 0 amide bonds. The Morgan fingerprint density at radius 2 is 1.96 bits per heavy atom. The number of benzene rings is 1. The highest BCUT2D eigenvalue weighted by molar-refractivity contribution is 7.17. The third kappa shape index (κ3) is 3.17. The summed E-state index contributed by atoms with van der Waals surface area (Å²) in [6.45, 7) is 6.01. The lowest BCUT2D eigenvalue weighted by Crippen LogP contribution is -2.36. The molecule has 0 aliphatic carbocycles. The van der Waals surface area contributed by atoms with E-state index in [0.29, 0.717) is 0 Å². The van der Waals surface area contributed by atoms with Crippen molar-refractivity contribution < 1.29 is 4.74 Å². The van der Waals surface area contributed by atoms with Gasteiger partial charge in [0.25, 0.3) is 5.56 Å². The number of aryl methyl sites for hydroxylation is 2. The maximum absolute atomic E-state index is 13.5. The first kappa shape index (κ1) is 18.2. The van der Waals surface area contributed by atoms with E-state index in [9.17, 15) is 4.79 Å². The summed E-state index contributed by atoms with van der Waals surface area (Å²) >= 11 is 1.54. The van der Waals surface area contributed by atoms with E-state index < -0.39 is 0 Å². The van der Waals surface area contributed by atoms with Gasteiger partial charge in [0.05, 0.1) is 12.5 Å². The number of ether oxygens (including phenoxy) is 1. The van der Waals surface area contributed by atoms with Crippen molar-refractivity contribution in [2.45, 2.75) is 32.7 Å². The van der Waals surface area contributed by atoms with Gasteiger partial charge in [-0.25, -0.2) is 4.98 Å². The summed E-state index contributed by atoms with van der Waals surface area (Å²) in [5.74, 6) is 1.68. The fraction of sp³-hybridized carbons (Fsp3) is 0.429. The van der Waals surface area contributed by atoms with E-state index in [1.165, 1.54) is 0 Å². The number of piperidine rings is 1. The molecular weight excluding hydrogens is 358 g/mol. The van der Waals surface area contributed by atoms with Gasteiger partial charge in [-0.3, -0.25) is 9.36 Å². The second-order valence-electron chi connectivity index (χ2n) is 7.38. The van der Waals surface area contributed by atoms with Crippen molar-refractivity contribution >= 4 is 21.6 Å². The zero-order valence-electron chi connectivity index (χ0n) is 16.3. The molecule has 4 rings (SSSR count). The third-order valence-corrected chi connectivity index (χ3v) is 6.45. The van der Waals surface area contributed by atoms with Crippen LogP contribution in [0.15, 0.2) is 28.4 Å². The monoisotopic (exact) mass is 383 g/mol. The highest BCUT2D eigenvalue weighted by atomic mass is 32.1. The average Bonchev–Trinajstić information content (AvgIpc) is 3.07. The van der Waals surface area contributed by atoms with Gasteiger partial charge < -0.3 is 9.64 Å². The summed E-state index contributed by atoms with van der Waals surface area (Å²) in [6, 6.07) is 6.30. The molecule has 6 heteroatoms. The summed E-state index contributed by atoms with van der Waals surface area (Å²) in [6.07, 6.45) is 1.98. The van der Waals surface area contributed by atoms with Crippen LogP contribution in [0.4, 0.5) is 0 Å². The zero-order valence-corrected chi connectivity index (χ0v) is 17.1. The Morgan fingerprint density at radius 3 is 2.63 bits per heavy atom. The molecule has 0 atom stereocenters. The molecule has 3 heterocycles. The van der Waals surface area contributed by atoms with E-state index >= 15 is 0 Å². The van der Waals surface area contributed by atoms with Gasteiger partial charge in [0.15, 0.2) is 0 Å². The molecule has 0 unspecified atom stereocenters. The summed E-state index contributed by atoms with van der Waals surface area (Å²) in [4.78, 5) is 21.4. The molecule has 1 saturated heterocycles. The first-order valence-corrected chi connectivity index (χ1v) is 10.2. The van der Waals surface area contributed by atoms with Gasteiger partial charge in [0, 0.05) is 17.0 Å². The van der Waals surface area contributed by atoms with E-state index in [-0.39, 0.29) is 11.6 Å². The fourth-order valence-corrected chi connectivity index (χ4v) is 5.03. The zero-order chi connectivity index (χ0) is 19.1. The van der Waals surface area contributed by atoms with Crippen LogP contribution in [0.2, 0.25) is 0 Å². The van der Waals surface area contributed by atoms with Crippen LogP contribution in [-0.2, 0) is 0 Å². The molecular formula is C21H25N3O2S. The molecule has 142 valence electrons. The Labute approximate surface area is 163 Å². The van der Waals surface area contributed by atoms with Crippen molar-refractivity contribution in [2.24, 2.45) is 0 Å². The Kier molecular flexibility index (Phi) is 4.78. The minimum absolute atomic E-state index is 0.0942. The lowest BCUT2D eigenvalue weighted by molar-refractivity contribution is 0.216. The number of fused-ring (bicyclic) bond motifs is 1. The summed E-state index contributed by atoms with van der Waals surface area (Å²) in [5, 5.41) is 2.80. The van der Waals surface area contributed by atoms with Crippen molar-refractivity contribution in [3.63, 3.8) is 0 Å². The van der Waals surface area contributed by atoms with Gasteiger partial charge in [-0.2, -0.15) is 0 Å². The lowest BCUT2D eigenvalue weighted by atomic mass is 10.0. The number of rotatable bonds is 3. The van der Waals surface area contributed by atoms with Crippen LogP contribution in [-0.4, -0.2) is 41.7 Å². The second kappa shape index (κ2) is 7.09. The smallest absolute Gasteiger partial charge is 0.263 e. The Hall–Kier alpha value is -2.18. The number of aromatic nitrogens is 2. The van der Waals surface area contributed by atoms with E-state index in [2.05, 4.69) is 23.4 Å². The number of thiophene rings is 1. The van der Waals surface area contributed by atoms with Crippen LogP contribution in [0.25, 0.3) is 21.3 Å². The SMILES string of the molecule is COc1ccc(-c2csc3nc(C)n(C4CCN(C)CC4)c(=O)c23)cc1C. The number of nitrogens with zero attached hydrogens (tertiary/aromatic N) is 3. The molecule has 0 saturated carbocycles. The third-order valence-electron chi connectivity index (χ3n) is 5.58. The number of likely N-dealkylation sites (tertiary alicyclic amines) is 1. The molecule has 0 bridgehead atoms. The molecule has 1 aromatic carbocycles. The van der Waals surface area contributed by atoms with Crippen LogP contribution in [0.3, 0.4) is 0 Å². The van der Waals surface area contributed by atoms with Gasteiger partial charge in [-0.1, -0.05) is 6.07 Å². The first-order chi connectivity index (χ1) is 13.0. The molecule has 1 aliphatic heterocycles. The van der Waals surface area contributed by atoms with E-state index in [4.69, 9.17) is 9.72 Å². The van der Waals surface area contributed by atoms with Gasteiger partial charge in [-0.05, 0) is 70.1 Å². The van der Waals surface area contributed by atoms with Crippen LogP contribution in [0.5, 0.6) is 5.75 Å². The Balaban J connectivity index is 1.86. The molecule has 27 heavy (non-hydrogen) atoms. The minimum atomic E-state index is 0.0942. The van der Waals surface area contributed by atoms with Gasteiger partial charge in [0.1, 0.15) is 16.4 Å². The number of hydrogen-bond acceptors (Lipinski definition) is 5. The molecule has 2 aromatic heterocycles. The van der Waals surface area contributed by atoms with Gasteiger partial charge in [0.2, 0.25) is 0 Å². The number of hydrogen-bond donors (Lipinski definition) is 0. The predicted molar refractivity (Wildman–Crippen MR) is 111 cm³/mol. The molecule has 1 aliphatic rings. The molecule has 0 N–H and O–H groups in total. The maximum Gasteiger partial charge on any atom is 0.263 e. The van der Waals surface area contributed by atoms with Crippen molar-refractivity contribution in [3.8, 4) is 16.9 Å². The maximum atomic E-state index is 13.5. The average molecular weight is 384 g/mol. The van der Waals surface area contributed by atoms with Gasteiger partial charge >= 0.3 is 0 Å². The number of methoxy groups -OCH3 is 1. The molecule has 3 aromatic rings. The van der Waals surface area contributed by atoms with Crippen LogP contribution in [0.1, 0.15) is 30.3 Å².